The quantitative estimate of drug-likeness (QED) is 0.686. The molecule has 0 aliphatic carbocycles. The first kappa shape index (κ1) is 17.8. The van der Waals surface area contributed by atoms with E-state index in [9.17, 15) is 0 Å². The van der Waals surface area contributed by atoms with Crippen LogP contribution >= 0.6 is 0 Å². The smallest absolute Gasteiger partial charge is 0.165 e. The number of hydrogen-bond donors (Lipinski definition) is 0. The molecule has 1 aliphatic heterocycles. The van der Waals surface area contributed by atoms with Crippen molar-refractivity contribution in [1.29, 1.82) is 0 Å². The number of aryl methyl sites for hydroxylation is 2. The van der Waals surface area contributed by atoms with Crippen molar-refractivity contribution >= 4 is 11.5 Å². The van der Waals surface area contributed by atoms with Gasteiger partial charge in [0.15, 0.2) is 5.65 Å². The van der Waals surface area contributed by atoms with Crippen molar-refractivity contribution in [3.8, 4) is 16.9 Å². The molecule has 27 heavy (non-hydrogen) atoms. The second-order valence-electron chi connectivity index (χ2n) is 8.00. The van der Waals surface area contributed by atoms with Crippen molar-refractivity contribution < 1.29 is 4.74 Å². The minimum absolute atomic E-state index is 0.683. The lowest BCUT2D eigenvalue weighted by Crippen LogP contribution is -2.39. The Kier molecular flexibility index (Phi) is 4.54. The highest BCUT2D eigenvalue weighted by Gasteiger charge is 2.26. The third kappa shape index (κ3) is 3.15. The van der Waals surface area contributed by atoms with Gasteiger partial charge < -0.3 is 9.64 Å². The van der Waals surface area contributed by atoms with Crippen molar-refractivity contribution in [2.24, 2.45) is 11.8 Å². The number of fused-ring (bicyclic) bond motifs is 1. The molecular formula is C22H28N4O. The van der Waals surface area contributed by atoms with Crippen LogP contribution in [0.15, 0.2) is 30.3 Å². The second kappa shape index (κ2) is 6.87. The molecule has 0 amide bonds. The van der Waals surface area contributed by atoms with E-state index in [2.05, 4.69) is 44.7 Å². The van der Waals surface area contributed by atoms with Crippen molar-refractivity contribution in [3.63, 3.8) is 0 Å². The van der Waals surface area contributed by atoms with Crippen LogP contribution in [0.2, 0.25) is 0 Å². The SMILES string of the molecule is COc1ccccc1-c1c(C)nn2c(N3C[C@H](C)C[C@@H](C)C3)cc(C)nc12. The predicted octanol–water partition coefficient (Wildman–Crippen LogP) is 4.50. The van der Waals surface area contributed by atoms with Gasteiger partial charge in [0.2, 0.25) is 0 Å². The summed E-state index contributed by atoms with van der Waals surface area (Å²) in [7, 11) is 1.71. The van der Waals surface area contributed by atoms with E-state index in [0.717, 1.165) is 52.8 Å². The molecule has 0 radical (unpaired) electrons. The summed E-state index contributed by atoms with van der Waals surface area (Å²) in [5, 5.41) is 4.89. The zero-order chi connectivity index (χ0) is 19.1. The van der Waals surface area contributed by atoms with Gasteiger partial charge in [0.25, 0.3) is 0 Å². The molecule has 2 aromatic heterocycles. The molecule has 4 rings (SSSR count). The molecule has 0 N–H and O–H groups in total. The highest BCUT2D eigenvalue weighted by Crippen LogP contribution is 2.36. The maximum Gasteiger partial charge on any atom is 0.165 e. The lowest BCUT2D eigenvalue weighted by Gasteiger charge is -2.36. The first-order valence-electron chi connectivity index (χ1n) is 9.73. The number of anilines is 1. The highest BCUT2D eigenvalue weighted by molar-refractivity contribution is 5.84. The van der Waals surface area contributed by atoms with Crippen LogP contribution in [0, 0.1) is 25.7 Å². The Balaban J connectivity index is 1.92. The molecule has 0 bridgehead atoms. The number of ether oxygens (including phenoxy) is 1. The standard InChI is InChI=1S/C22H28N4O/c1-14-10-15(2)13-25(12-14)20-11-16(3)23-22-21(17(4)24-26(20)22)18-8-6-7-9-19(18)27-5/h6-9,11,14-15H,10,12-13H2,1-5H3/t14-,15-/m1/s1. The minimum atomic E-state index is 0.683. The van der Waals surface area contributed by atoms with Gasteiger partial charge in [-0.2, -0.15) is 9.61 Å². The van der Waals surface area contributed by atoms with E-state index in [1.807, 2.05) is 22.7 Å². The van der Waals surface area contributed by atoms with E-state index < -0.39 is 0 Å². The zero-order valence-corrected chi connectivity index (χ0v) is 16.9. The summed E-state index contributed by atoms with van der Waals surface area (Å²) in [6.45, 7) is 10.9. The lowest BCUT2D eigenvalue weighted by molar-refractivity contribution is 0.354. The number of hydrogen-bond acceptors (Lipinski definition) is 4. The van der Waals surface area contributed by atoms with Crippen molar-refractivity contribution in [2.75, 3.05) is 25.1 Å². The molecule has 3 aromatic rings. The number of nitrogens with zero attached hydrogens (tertiary/aromatic N) is 4. The number of aromatic nitrogens is 3. The molecule has 2 atom stereocenters. The van der Waals surface area contributed by atoms with Crippen LogP contribution < -0.4 is 9.64 Å². The largest absolute Gasteiger partial charge is 0.496 e. The molecule has 0 unspecified atom stereocenters. The topological polar surface area (TPSA) is 42.7 Å². The van der Waals surface area contributed by atoms with Gasteiger partial charge in [-0.05, 0) is 38.2 Å². The fraction of sp³-hybridized carbons (Fsp3) is 0.455. The average Bonchev–Trinajstić information content (AvgIpc) is 2.95. The summed E-state index contributed by atoms with van der Waals surface area (Å²) >= 11 is 0. The number of benzene rings is 1. The van der Waals surface area contributed by atoms with Crippen LogP contribution in [0.4, 0.5) is 5.82 Å². The number of rotatable bonds is 3. The highest BCUT2D eigenvalue weighted by atomic mass is 16.5. The normalized spacial score (nSPS) is 20.3. The first-order valence-corrected chi connectivity index (χ1v) is 9.73. The summed E-state index contributed by atoms with van der Waals surface area (Å²) in [6.07, 6.45) is 1.29. The Labute approximate surface area is 161 Å². The van der Waals surface area contributed by atoms with E-state index in [4.69, 9.17) is 14.8 Å². The Bertz CT molecular complexity index is 968. The fourth-order valence-electron chi connectivity index (χ4n) is 4.47. The fourth-order valence-corrected chi connectivity index (χ4v) is 4.47. The molecule has 1 aliphatic rings. The molecule has 1 saturated heterocycles. The molecular weight excluding hydrogens is 336 g/mol. The van der Waals surface area contributed by atoms with Gasteiger partial charge in [-0.3, -0.25) is 0 Å². The maximum atomic E-state index is 5.60. The summed E-state index contributed by atoms with van der Waals surface area (Å²) in [4.78, 5) is 7.33. The van der Waals surface area contributed by atoms with Crippen LogP contribution in [0.5, 0.6) is 5.75 Å². The maximum absolute atomic E-state index is 5.60. The van der Waals surface area contributed by atoms with E-state index in [1.165, 1.54) is 6.42 Å². The van der Waals surface area contributed by atoms with Crippen LogP contribution in [-0.2, 0) is 0 Å². The lowest BCUT2D eigenvalue weighted by atomic mass is 9.92. The van der Waals surface area contributed by atoms with E-state index in [0.29, 0.717) is 11.8 Å². The molecule has 142 valence electrons. The number of piperidine rings is 1. The van der Waals surface area contributed by atoms with E-state index in [1.54, 1.807) is 7.11 Å². The zero-order valence-electron chi connectivity index (χ0n) is 16.9. The van der Waals surface area contributed by atoms with E-state index in [-0.39, 0.29) is 0 Å². The summed E-state index contributed by atoms with van der Waals surface area (Å²) < 4.78 is 7.63. The summed E-state index contributed by atoms with van der Waals surface area (Å²) in [5.41, 5.74) is 4.97. The van der Waals surface area contributed by atoms with Crippen molar-refractivity contribution in [1.82, 2.24) is 14.6 Å². The second-order valence-corrected chi connectivity index (χ2v) is 8.00. The van der Waals surface area contributed by atoms with Crippen LogP contribution in [0.1, 0.15) is 31.7 Å². The molecule has 0 spiro atoms. The Morgan fingerprint density at radius 3 is 2.48 bits per heavy atom. The van der Waals surface area contributed by atoms with Crippen LogP contribution in [0.25, 0.3) is 16.8 Å². The molecule has 1 fully saturated rings. The molecule has 3 heterocycles. The van der Waals surface area contributed by atoms with Gasteiger partial charge in [-0.25, -0.2) is 4.98 Å². The van der Waals surface area contributed by atoms with Crippen LogP contribution in [-0.4, -0.2) is 34.8 Å². The average molecular weight is 364 g/mol. The molecule has 1 aromatic carbocycles. The predicted molar refractivity (Wildman–Crippen MR) is 110 cm³/mol. The summed E-state index contributed by atoms with van der Waals surface area (Å²) in [6, 6.07) is 10.3. The van der Waals surface area contributed by atoms with Crippen molar-refractivity contribution in [2.45, 2.75) is 34.1 Å². The van der Waals surface area contributed by atoms with Gasteiger partial charge in [0.05, 0.1) is 18.4 Å². The Hall–Kier alpha value is -2.56. The van der Waals surface area contributed by atoms with Gasteiger partial charge in [0, 0.05) is 30.4 Å². The van der Waals surface area contributed by atoms with Crippen molar-refractivity contribution in [3.05, 3.63) is 41.7 Å². The van der Waals surface area contributed by atoms with Gasteiger partial charge in [0.1, 0.15) is 11.6 Å². The Morgan fingerprint density at radius 1 is 1.07 bits per heavy atom. The minimum Gasteiger partial charge on any atom is -0.496 e. The van der Waals surface area contributed by atoms with E-state index >= 15 is 0 Å². The number of para-hydroxylation sites is 1. The molecule has 0 saturated carbocycles. The van der Waals surface area contributed by atoms with Gasteiger partial charge in [-0.15, -0.1) is 0 Å². The summed E-state index contributed by atoms with van der Waals surface area (Å²) in [5.74, 6) is 3.35. The van der Waals surface area contributed by atoms with Gasteiger partial charge in [-0.1, -0.05) is 32.0 Å². The van der Waals surface area contributed by atoms with Crippen LogP contribution in [0.3, 0.4) is 0 Å². The monoisotopic (exact) mass is 364 g/mol. The third-order valence-corrected chi connectivity index (χ3v) is 5.44. The first-order chi connectivity index (χ1) is 13.0. The van der Waals surface area contributed by atoms with Gasteiger partial charge >= 0.3 is 0 Å². The number of methoxy groups -OCH3 is 1. The molecule has 5 heteroatoms. The third-order valence-electron chi connectivity index (χ3n) is 5.44. The Morgan fingerprint density at radius 2 is 1.78 bits per heavy atom. The molecule has 5 nitrogen and oxygen atoms in total.